The summed E-state index contributed by atoms with van der Waals surface area (Å²) in [5, 5.41) is 15.9. The molecule has 0 saturated carbocycles. The third kappa shape index (κ3) is 6.63. The second kappa shape index (κ2) is 11.4. The maximum absolute atomic E-state index is 13.1. The molecular weight excluding hydrogens is 460 g/mol. The van der Waals surface area contributed by atoms with E-state index in [0.29, 0.717) is 5.56 Å². The molecule has 3 aromatic carbocycles. The zero-order valence-corrected chi connectivity index (χ0v) is 20.4. The number of carbonyl (C=O) groups excluding carboxylic acids is 2. The Morgan fingerprint density at radius 3 is 1.86 bits per heavy atom. The molecule has 0 radical (unpaired) electrons. The quantitative estimate of drug-likeness (QED) is 0.402. The maximum atomic E-state index is 13.1. The summed E-state index contributed by atoms with van der Waals surface area (Å²) in [6.45, 7) is 5.04. The minimum absolute atomic E-state index is 0.0628. The van der Waals surface area contributed by atoms with Gasteiger partial charge < -0.3 is 19.9 Å². The molecule has 0 spiro atoms. The van der Waals surface area contributed by atoms with E-state index in [1.165, 1.54) is 0 Å². The van der Waals surface area contributed by atoms with Crippen molar-refractivity contribution in [3.8, 4) is 0 Å². The van der Waals surface area contributed by atoms with E-state index < -0.39 is 35.3 Å². The predicted molar refractivity (Wildman–Crippen MR) is 134 cm³/mol. The van der Waals surface area contributed by atoms with Gasteiger partial charge in [-0.05, 0) is 37.5 Å². The lowest BCUT2D eigenvalue weighted by molar-refractivity contribution is -0.146. The van der Waals surface area contributed by atoms with Crippen LogP contribution in [0.3, 0.4) is 0 Å². The summed E-state index contributed by atoms with van der Waals surface area (Å²) in [5.74, 6) is -1.39. The number of hydrogen-bond donors (Lipinski definition) is 3. The molecular formula is C28H30N2O6. The molecule has 3 aromatic rings. The van der Waals surface area contributed by atoms with Crippen LogP contribution in [-0.2, 0) is 26.4 Å². The van der Waals surface area contributed by atoms with Crippen molar-refractivity contribution in [2.24, 2.45) is 0 Å². The highest BCUT2D eigenvalue weighted by molar-refractivity contribution is 5.88. The highest BCUT2D eigenvalue weighted by Gasteiger charge is 2.51. The smallest absolute Gasteiger partial charge is 0.408 e. The molecule has 0 heterocycles. The molecule has 8 heteroatoms. The Hall–Kier alpha value is -4.33. The number of amides is 2. The van der Waals surface area contributed by atoms with E-state index in [2.05, 4.69) is 10.6 Å². The molecule has 0 aliphatic heterocycles. The van der Waals surface area contributed by atoms with Gasteiger partial charge in [-0.3, -0.25) is 5.32 Å². The minimum Gasteiger partial charge on any atom is -0.479 e. The van der Waals surface area contributed by atoms with Gasteiger partial charge in [0, 0.05) is 0 Å². The molecule has 0 saturated heterocycles. The van der Waals surface area contributed by atoms with Crippen LogP contribution in [-0.4, -0.2) is 28.9 Å². The molecule has 188 valence electrons. The van der Waals surface area contributed by atoms with Gasteiger partial charge in [-0.1, -0.05) is 91.0 Å². The summed E-state index contributed by atoms with van der Waals surface area (Å²) in [6, 6.07) is 24.4. The van der Waals surface area contributed by atoms with Crippen LogP contribution in [0.15, 0.2) is 91.0 Å². The fraction of sp³-hybridized carbons (Fsp3) is 0.250. The molecule has 8 nitrogen and oxygen atoms in total. The van der Waals surface area contributed by atoms with Crippen molar-refractivity contribution in [2.75, 3.05) is 0 Å². The fourth-order valence-electron chi connectivity index (χ4n) is 3.75. The number of alkyl carbamates (subject to hydrolysis) is 2. The van der Waals surface area contributed by atoms with Gasteiger partial charge in [0.2, 0.25) is 0 Å². The summed E-state index contributed by atoms with van der Waals surface area (Å²) in [4.78, 5) is 38.9. The van der Waals surface area contributed by atoms with E-state index in [-0.39, 0.29) is 12.2 Å². The molecule has 2 amide bonds. The molecule has 0 aromatic heterocycles. The average molecular weight is 491 g/mol. The Morgan fingerprint density at radius 2 is 1.33 bits per heavy atom. The van der Waals surface area contributed by atoms with Crippen LogP contribution in [0.4, 0.5) is 9.59 Å². The van der Waals surface area contributed by atoms with Crippen molar-refractivity contribution in [1.29, 1.82) is 0 Å². The average Bonchev–Trinajstić information content (AvgIpc) is 2.85. The minimum atomic E-state index is -2.13. The van der Waals surface area contributed by atoms with Gasteiger partial charge in [-0.25, -0.2) is 14.4 Å². The van der Waals surface area contributed by atoms with Gasteiger partial charge in [-0.2, -0.15) is 0 Å². The summed E-state index contributed by atoms with van der Waals surface area (Å²) in [5.41, 5.74) is -1.55. The summed E-state index contributed by atoms with van der Waals surface area (Å²) < 4.78 is 10.8. The maximum Gasteiger partial charge on any atom is 0.408 e. The number of carbonyl (C=O) groups is 3. The number of ether oxygens (including phenoxy) is 2. The molecule has 0 bridgehead atoms. The van der Waals surface area contributed by atoms with Crippen LogP contribution in [0.25, 0.3) is 0 Å². The van der Waals surface area contributed by atoms with Crippen LogP contribution >= 0.6 is 0 Å². The van der Waals surface area contributed by atoms with Crippen molar-refractivity contribution < 1.29 is 29.0 Å². The van der Waals surface area contributed by atoms with Crippen LogP contribution < -0.4 is 10.6 Å². The lowest BCUT2D eigenvalue weighted by Gasteiger charge is -2.38. The van der Waals surface area contributed by atoms with E-state index >= 15 is 0 Å². The van der Waals surface area contributed by atoms with Crippen LogP contribution in [0, 0.1) is 0 Å². The van der Waals surface area contributed by atoms with Gasteiger partial charge >= 0.3 is 18.2 Å². The first-order chi connectivity index (χ1) is 17.1. The number of carboxylic acid groups (broad SMARTS) is 1. The van der Waals surface area contributed by atoms with Gasteiger partial charge in [0.25, 0.3) is 0 Å². The fourth-order valence-corrected chi connectivity index (χ4v) is 3.75. The normalized spacial score (nSPS) is 13.5. The Bertz CT molecular complexity index is 1160. The first-order valence-electron chi connectivity index (χ1n) is 11.4. The molecule has 2 atom stereocenters. The molecule has 36 heavy (non-hydrogen) atoms. The number of nitrogens with one attached hydrogen (secondary N) is 2. The number of carboxylic acids is 1. The SMILES string of the molecule is CC(C)(C)OC(=O)N[C@@H](c1ccccc1)[C@](NC(=O)OCc1ccccc1)(C(=O)O)c1ccccc1. The van der Waals surface area contributed by atoms with E-state index in [9.17, 15) is 19.5 Å². The van der Waals surface area contributed by atoms with E-state index in [1.54, 1.807) is 106 Å². The second-order valence-corrected chi connectivity index (χ2v) is 9.16. The Balaban J connectivity index is 2.06. The van der Waals surface area contributed by atoms with Gasteiger partial charge in [-0.15, -0.1) is 0 Å². The Kier molecular flexibility index (Phi) is 8.32. The number of rotatable bonds is 8. The third-order valence-electron chi connectivity index (χ3n) is 5.31. The first kappa shape index (κ1) is 26.3. The van der Waals surface area contributed by atoms with Crippen molar-refractivity contribution in [1.82, 2.24) is 10.6 Å². The van der Waals surface area contributed by atoms with E-state index in [0.717, 1.165) is 5.56 Å². The molecule has 3 rings (SSSR count). The number of hydrogen-bond acceptors (Lipinski definition) is 5. The van der Waals surface area contributed by atoms with Gasteiger partial charge in [0.15, 0.2) is 5.54 Å². The largest absolute Gasteiger partial charge is 0.479 e. The Morgan fingerprint density at radius 1 is 0.806 bits per heavy atom. The first-order valence-corrected chi connectivity index (χ1v) is 11.4. The van der Waals surface area contributed by atoms with Crippen LogP contribution in [0.1, 0.15) is 43.5 Å². The van der Waals surface area contributed by atoms with Crippen molar-refractivity contribution in [2.45, 2.75) is 44.6 Å². The van der Waals surface area contributed by atoms with Gasteiger partial charge in [0.1, 0.15) is 12.2 Å². The lowest BCUT2D eigenvalue weighted by atomic mass is 9.79. The van der Waals surface area contributed by atoms with Crippen LogP contribution in [0.2, 0.25) is 0 Å². The summed E-state index contributed by atoms with van der Waals surface area (Å²) in [7, 11) is 0. The van der Waals surface area contributed by atoms with Gasteiger partial charge in [0.05, 0.1) is 6.04 Å². The Labute approximate surface area is 210 Å². The topological polar surface area (TPSA) is 114 Å². The summed E-state index contributed by atoms with van der Waals surface area (Å²) in [6.07, 6.45) is -1.80. The lowest BCUT2D eigenvalue weighted by Crippen LogP contribution is -2.60. The molecule has 0 aliphatic rings. The standard InChI is InChI=1S/C28H30N2O6/c1-27(2,3)36-25(33)29-23(21-15-9-5-10-16-21)28(24(31)32,22-17-11-6-12-18-22)30-26(34)35-19-20-13-7-4-8-14-20/h4-18,23H,19H2,1-3H3,(H,29,33)(H,30,34)(H,31,32)/t23-,28-/m0/s1. The van der Waals surface area contributed by atoms with Crippen LogP contribution in [0.5, 0.6) is 0 Å². The number of benzene rings is 3. The zero-order valence-electron chi connectivity index (χ0n) is 20.4. The monoisotopic (exact) mass is 490 g/mol. The van der Waals surface area contributed by atoms with Crippen molar-refractivity contribution >= 4 is 18.2 Å². The third-order valence-corrected chi connectivity index (χ3v) is 5.31. The number of aliphatic carboxylic acids is 1. The van der Waals surface area contributed by atoms with Crippen molar-refractivity contribution in [3.05, 3.63) is 108 Å². The highest BCUT2D eigenvalue weighted by Crippen LogP contribution is 2.36. The molecule has 0 aliphatic carbocycles. The second-order valence-electron chi connectivity index (χ2n) is 9.16. The summed E-state index contributed by atoms with van der Waals surface area (Å²) >= 11 is 0. The predicted octanol–water partition coefficient (Wildman–Crippen LogP) is 5.16. The van der Waals surface area contributed by atoms with E-state index in [1.807, 2.05) is 6.07 Å². The molecule has 3 N–H and O–H groups in total. The zero-order chi connectivity index (χ0) is 26.2. The molecule has 0 unspecified atom stereocenters. The molecule has 0 fully saturated rings. The van der Waals surface area contributed by atoms with Crippen molar-refractivity contribution in [3.63, 3.8) is 0 Å². The highest BCUT2D eigenvalue weighted by atomic mass is 16.6. The van der Waals surface area contributed by atoms with E-state index in [4.69, 9.17) is 9.47 Å².